The zero-order valence-electron chi connectivity index (χ0n) is 26.5. The van der Waals surface area contributed by atoms with Gasteiger partial charge in [-0.1, -0.05) is 127 Å². The zero-order chi connectivity index (χ0) is 31.5. The van der Waals surface area contributed by atoms with E-state index in [0.717, 1.165) is 0 Å². The molecule has 0 saturated heterocycles. The summed E-state index contributed by atoms with van der Waals surface area (Å²) in [5, 5.41) is 20.7. The first-order valence-corrected chi connectivity index (χ1v) is 16.8. The Morgan fingerprint density at radius 1 is 0.292 bits per heavy atom. The highest BCUT2D eigenvalue weighted by atomic mass is 15.0. The number of para-hydroxylation sites is 1. The molecule has 0 bridgehead atoms. The molecule has 10 aromatic carbocycles. The number of rotatable bonds is 1. The molecule has 0 fully saturated rings. The van der Waals surface area contributed by atoms with Crippen LogP contribution in [0.1, 0.15) is 5.56 Å². The summed E-state index contributed by atoms with van der Waals surface area (Å²) in [6.45, 7) is 2.20. The van der Waals surface area contributed by atoms with Crippen LogP contribution in [0.5, 0.6) is 0 Å². The van der Waals surface area contributed by atoms with Crippen LogP contribution in [0.25, 0.3) is 103 Å². The highest BCUT2D eigenvalue weighted by molar-refractivity contribution is 6.34. The molecule has 0 unspecified atom stereocenters. The van der Waals surface area contributed by atoms with Gasteiger partial charge in [0.25, 0.3) is 0 Å². The van der Waals surface area contributed by atoms with Crippen molar-refractivity contribution in [3.05, 3.63) is 163 Å². The highest BCUT2D eigenvalue weighted by Gasteiger charge is 2.19. The van der Waals surface area contributed by atoms with Crippen molar-refractivity contribution in [2.45, 2.75) is 6.92 Å². The van der Waals surface area contributed by atoms with Crippen LogP contribution < -0.4 is 0 Å². The molecule has 11 rings (SSSR count). The van der Waals surface area contributed by atoms with Crippen molar-refractivity contribution in [1.29, 1.82) is 0 Å². The van der Waals surface area contributed by atoms with Crippen molar-refractivity contribution in [1.82, 2.24) is 4.57 Å². The monoisotopic (exact) mass is 607 g/mol. The first kappa shape index (κ1) is 25.9. The van der Waals surface area contributed by atoms with Crippen molar-refractivity contribution in [2.75, 3.05) is 0 Å². The lowest BCUT2D eigenvalue weighted by Gasteiger charge is -2.16. The second-order valence-corrected chi connectivity index (χ2v) is 13.3. The topological polar surface area (TPSA) is 4.93 Å². The molecule has 222 valence electrons. The Morgan fingerprint density at radius 3 is 1.44 bits per heavy atom. The summed E-state index contributed by atoms with van der Waals surface area (Å²) in [7, 11) is 0. The minimum Gasteiger partial charge on any atom is -0.309 e. The molecule has 0 aliphatic carbocycles. The van der Waals surface area contributed by atoms with Gasteiger partial charge >= 0.3 is 0 Å². The third-order valence-corrected chi connectivity index (χ3v) is 10.7. The maximum atomic E-state index is 2.49. The maximum absolute atomic E-state index is 2.49. The molecule has 0 aliphatic heterocycles. The van der Waals surface area contributed by atoms with Crippen LogP contribution in [0.2, 0.25) is 0 Å². The number of fused-ring (bicyclic) bond motifs is 16. The van der Waals surface area contributed by atoms with Gasteiger partial charge in [-0.3, -0.25) is 0 Å². The minimum atomic E-state index is 1.21. The Morgan fingerprint density at radius 2 is 0.750 bits per heavy atom. The van der Waals surface area contributed by atoms with E-state index >= 15 is 0 Å². The Hall–Kier alpha value is -6.18. The lowest BCUT2D eigenvalue weighted by Crippen LogP contribution is -1.95. The third kappa shape index (κ3) is 3.40. The van der Waals surface area contributed by atoms with Gasteiger partial charge < -0.3 is 4.57 Å². The van der Waals surface area contributed by atoms with Crippen LogP contribution in [-0.4, -0.2) is 4.57 Å². The first-order valence-electron chi connectivity index (χ1n) is 16.8. The summed E-state index contributed by atoms with van der Waals surface area (Å²) in [5.74, 6) is 0. The van der Waals surface area contributed by atoms with E-state index in [1.54, 1.807) is 0 Å². The lowest BCUT2D eigenvalue weighted by molar-refractivity contribution is 1.20. The summed E-state index contributed by atoms with van der Waals surface area (Å²) in [6, 6.07) is 59.0. The molecule has 48 heavy (non-hydrogen) atoms. The fourth-order valence-electron chi connectivity index (χ4n) is 8.64. The molecule has 1 aromatic heterocycles. The molecule has 0 saturated carbocycles. The molecule has 0 aliphatic rings. The van der Waals surface area contributed by atoms with Crippen LogP contribution in [0.3, 0.4) is 0 Å². The molecule has 0 atom stereocenters. The van der Waals surface area contributed by atoms with Crippen LogP contribution in [0, 0.1) is 6.92 Å². The Bertz CT molecular complexity index is 3170. The van der Waals surface area contributed by atoms with E-state index in [9.17, 15) is 0 Å². The predicted octanol–water partition coefficient (Wildman–Crippen LogP) is 13.2. The largest absolute Gasteiger partial charge is 0.309 e. The highest BCUT2D eigenvalue weighted by Crippen LogP contribution is 2.45. The minimum absolute atomic E-state index is 1.21. The van der Waals surface area contributed by atoms with Gasteiger partial charge in [-0.25, -0.2) is 0 Å². The Labute approximate surface area is 276 Å². The number of nitrogens with zero attached hydrogens (tertiary/aromatic N) is 1. The molecule has 0 amide bonds. The maximum Gasteiger partial charge on any atom is 0.0547 e. The predicted molar refractivity (Wildman–Crippen MR) is 208 cm³/mol. The standard InChI is InChI=1S/C47H29N/c1-28-21-22-35-31-14-4-5-15-32(31)38-24-39-33-16-6-7-17-34(33)43-27-47-44(26-42(43)41(39)25-40(38)37(35)23-28)36-18-8-9-19-46(36)48(47)45-20-10-12-29-11-2-3-13-30(29)45/h2-27H,1H3. The van der Waals surface area contributed by atoms with Gasteiger partial charge in [0.2, 0.25) is 0 Å². The Kier molecular flexibility index (Phi) is 5.10. The second kappa shape index (κ2) is 9.44. The number of benzene rings is 10. The zero-order valence-corrected chi connectivity index (χ0v) is 26.5. The lowest BCUT2D eigenvalue weighted by atomic mass is 9.88. The second-order valence-electron chi connectivity index (χ2n) is 13.3. The van der Waals surface area contributed by atoms with Crippen LogP contribution in [0.15, 0.2) is 158 Å². The summed E-state index contributed by atoms with van der Waals surface area (Å²) >= 11 is 0. The molecule has 11 aromatic rings. The number of aryl methyl sites for hydroxylation is 1. The van der Waals surface area contributed by atoms with Gasteiger partial charge in [-0.2, -0.15) is 0 Å². The molecule has 1 nitrogen and oxygen atoms in total. The van der Waals surface area contributed by atoms with Gasteiger partial charge in [-0.15, -0.1) is 0 Å². The van der Waals surface area contributed by atoms with Gasteiger partial charge in [-0.05, 0) is 113 Å². The number of hydrogen-bond acceptors (Lipinski definition) is 0. The van der Waals surface area contributed by atoms with E-state index in [1.165, 1.54) is 108 Å². The van der Waals surface area contributed by atoms with Gasteiger partial charge in [0.15, 0.2) is 0 Å². The van der Waals surface area contributed by atoms with Gasteiger partial charge in [0.05, 0.1) is 16.7 Å². The molecule has 0 N–H and O–H groups in total. The molecule has 1 heterocycles. The average molecular weight is 608 g/mol. The summed E-state index contributed by atoms with van der Waals surface area (Å²) < 4.78 is 2.48. The van der Waals surface area contributed by atoms with Crippen molar-refractivity contribution < 1.29 is 0 Å². The smallest absolute Gasteiger partial charge is 0.0547 e. The van der Waals surface area contributed by atoms with Crippen molar-refractivity contribution in [2.24, 2.45) is 0 Å². The van der Waals surface area contributed by atoms with Crippen LogP contribution >= 0.6 is 0 Å². The van der Waals surface area contributed by atoms with E-state index in [-0.39, 0.29) is 0 Å². The molecule has 1 heteroatoms. The van der Waals surface area contributed by atoms with E-state index in [4.69, 9.17) is 0 Å². The fraction of sp³-hybridized carbons (Fsp3) is 0.0213. The third-order valence-electron chi connectivity index (χ3n) is 10.7. The van der Waals surface area contributed by atoms with Gasteiger partial charge in [0, 0.05) is 16.2 Å². The van der Waals surface area contributed by atoms with Crippen LogP contribution in [-0.2, 0) is 0 Å². The van der Waals surface area contributed by atoms with Crippen molar-refractivity contribution >= 4 is 97.2 Å². The summed E-state index contributed by atoms with van der Waals surface area (Å²) in [4.78, 5) is 0. The van der Waals surface area contributed by atoms with E-state index in [1.807, 2.05) is 0 Å². The molecule has 0 radical (unpaired) electrons. The van der Waals surface area contributed by atoms with E-state index in [0.29, 0.717) is 0 Å². The Balaban J connectivity index is 1.37. The first-order chi connectivity index (χ1) is 23.7. The SMILES string of the molecule is Cc1ccc2c3ccccc3c3cc4c5ccccc5c5cc6c(cc5c4cc3c2c1)c1ccccc1n6-c1cccc2ccccc12. The van der Waals surface area contributed by atoms with Crippen LogP contribution in [0.4, 0.5) is 0 Å². The number of aromatic nitrogens is 1. The average Bonchev–Trinajstić information content (AvgIpc) is 3.46. The van der Waals surface area contributed by atoms with Gasteiger partial charge in [0.1, 0.15) is 0 Å². The quantitative estimate of drug-likeness (QED) is 0.129. The molecular weight excluding hydrogens is 579 g/mol. The molecular formula is C47H29N. The summed E-state index contributed by atoms with van der Waals surface area (Å²) in [6.07, 6.45) is 0. The molecule has 0 spiro atoms. The van der Waals surface area contributed by atoms with Crippen molar-refractivity contribution in [3.8, 4) is 5.69 Å². The van der Waals surface area contributed by atoms with E-state index in [2.05, 4.69) is 169 Å². The summed E-state index contributed by atoms with van der Waals surface area (Å²) in [5.41, 5.74) is 4.96. The number of hydrogen-bond donors (Lipinski definition) is 0. The van der Waals surface area contributed by atoms with E-state index < -0.39 is 0 Å². The normalized spacial score (nSPS) is 12.3. The fourth-order valence-corrected chi connectivity index (χ4v) is 8.64. The van der Waals surface area contributed by atoms with Crippen molar-refractivity contribution in [3.63, 3.8) is 0 Å².